The third-order valence-electron chi connectivity index (χ3n) is 4.61. The van der Waals surface area contributed by atoms with Crippen LogP contribution in [0.1, 0.15) is 35.3 Å². The van der Waals surface area contributed by atoms with Crippen molar-refractivity contribution in [2.75, 3.05) is 25.0 Å². The van der Waals surface area contributed by atoms with Gasteiger partial charge in [-0.05, 0) is 61.9 Å². The van der Waals surface area contributed by atoms with Crippen molar-refractivity contribution in [3.8, 4) is 0 Å². The molecule has 0 saturated heterocycles. The molecular weight excluding hydrogens is 420 g/mol. The lowest BCUT2D eigenvalue weighted by Crippen LogP contribution is -2.37. The van der Waals surface area contributed by atoms with Gasteiger partial charge in [-0.15, -0.1) is 6.58 Å². The number of nitrogen functional groups attached to an aromatic ring is 1. The molecule has 0 aromatic heterocycles. The fourth-order valence-electron chi connectivity index (χ4n) is 2.97. The molecule has 0 spiro atoms. The Labute approximate surface area is 193 Å². The average molecular weight is 449 g/mol. The van der Waals surface area contributed by atoms with Crippen LogP contribution in [0.2, 0.25) is 0 Å². The fourth-order valence-corrected chi connectivity index (χ4v) is 2.97. The molecule has 172 valence electrons. The van der Waals surface area contributed by atoms with Crippen molar-refractivity contribution >= 4 is 35.4 Å². The van der Waals surface area contributed by atoms with Crippen molar-refractivity contribution in [1.82, 2.24) is 4.90 Å². The molecule has 8 nitrogen and oxygen atoms in total. The molecule has 0 radical (unpaired) electrons. The zero-order valence-electron chi connectivity index (χ0n) is 18.8. The molecule has 0 bridgehead atoms. The Bertz CT molecular complexity index is 1060. The zero-order chi connectivity index (χ0) is 24.4. The summed E-state index contributed by atoms with van der Waals surface area (Å²) in [7, 11) is 0. The summed E-state index contributed by atoms with van der Waals surface area (Å²) >= 11 is 0. The second kappa shape index (κ2) is 12.0. The number of nitrogens with zero attached hydrogens (tertiary/aromatic N) is 1. The summed E-state index contributed by atoms with van der Waals surface area (Å²) in [6.07, 6.45) is 3.23. The zero-order valence-corrected chi connectivity index (χ0v) is 18.8. The normalized spacial score (nSPS) is 10.8. The van der Waals surface area contributed by atoms with Gasteiger partial charge in [-0.1, -0.05) is 18.2 Å². The predicted octanol–water partition coefficient (Wildman–Crippen LogP) is 3.20. The maximum atomic E-state index is 12.7. The molecule has 0 aliphatic rings. The lowest BCUT2D eigenvalue weighted by molar-refractivity contribution is -0.147. The molecule has 0 saturated carbocycles. The molecule has 0 atom stereocenters. The van der Waals surface area contributed by atoms with Gasteiger partial charge in [0.2, 0.25) is 5.91 Å². The lowest BCUT2D eigenvalue weighted by atomic mass is 10.1. The smallest absolute Gasteiger partial charge is 0.325 e. The van der Waals surface area contributed by atoms with Gasteiger partial charge in [0.25, 0.3) is 5.91 Å². The number of hydrogen-bond donors (Lipinski definition) is 3. The van der Waals surface area contributed by atoms with Crippen molar-refractivity contribution in [3.05, 3.63) is 83.4 Å². The van der Waals surface area contributed by atoms with E-state index in [0.29, 0.717) is 22.4 Å². The standard InChI is InChI=1S/C25H28N4O4/c1-4-14-29(16-22(30)33-5-2)25(32)17(3)15-18-6-8-20(9-7-18)24(31)28-21-12-10-19(11-13-21)23(26)27/h4,6-13,15H,1,5,14,16H2,2-3H3,(H3,26,27)(H,28,31)/b17-15+. The lowest BCUT2D eigenvalue weighted by Gasteiger charge is -2.20. The molecule has 0 aliphatic heterocycles. The maximum absolute atomic E-state index is 12.7. The number of carbonyl (C=O) groups is 3. The Balaban J connectivity index is 2.07. The molecule has 2 rings (SSSR count). The molecule has 2 aromatic rings. The van der Waals surface area contributed by atoms with E-state index in [1.807, 2.05) is 0 Å². The number of nitrogens with one attached hydrogen (secondary N) is 2. The van der Waals surface area contributed by atoms with E-state index in [0.717, 1.165) is 5.56 Å². The number of esters is 1. The first-order chi connectivity index (χ1) is 15.7. The average Bonchev–Trinajstić information content (AvgIpc) is 2.79. The van der Waals surface area contributed by atoms with E-state index in [1.165, 1.54) is 4.90 Å². The van der Waals surface area contributed by atoms with Crippen LogP contribution in [0.4, 0.5) is 5.69 Å². The largest absolute Gasteiger partial charge is 0.465 e. The van der Waals surface area contributed by atoms with Gasteiger partial charge >= 0.3 is 5.97 Å². The number of nitrogens with two attached hydrogens (primary N) is 1. The van der Waals surface area contributed by atoms with Crippen LogP contribution in [0.15, 0.2) is 66.8 Å². The number of amides is 2. The predicted molar refractivity (Wildman–Crippen MR) is 129 cm³/mol. The molecule has 8 heteroatoms. The second-order valence-corrected chi connectivity index (χ2v) is 7.17. The summed E-state index contributed by atoms with van der Waals surface area (Å²) in [6.45, 7) is 7.30. The number of hydrogen-bond acceptors (Lipinski definition) is 5. The van der Waals surface area contributed by atoms with Crippen molar-refractivity contribution in [1.29, 1.82) is 5.41 Å². The van der Waals surface area contributed by atoms with Crippen LogP contribution in [0, 0.1) is 5.41 Å². The van der Waals surface area contributed by atoms with Gasteiger partial charge in [0, 0.05) is 28.9 Å². The van der Waals surface area contributed by atoms with Gasteiger partial charge in [-0.2, -0.15) is 0 Å². The number of rotatable bonds is 10. The van der Waals surface area contributed by atoms with Crippen molar-refractivity contribution in [2.24, 2.45) is 5.73 Å². The Morgan fingerprint density at radius 1 is 1.09 bits per heavy atom. The van der Waals surface area contributed by atoms with Gasteiger partial charge in [0.1, 0.15) is 12.4 Å². The number of benzene rings is 2. The SMILES string of the molecule is C=CCN(CC(=O)OCC)C(=O)/C(C)=C/c1ccc(C(=O)Nc2ccc(C(=N)N)cc2)cc1. The van der Waals surface area contributed by atoms with Gasteiger partial charge in [0.15, 0.2) is 0 Å². The monoisotopic (exact) mass is 448 g/mol. The Morgan fingerprint density at radius 2 is 1.70 bits per heavy atom. The van der Waals surface area contributed by atoms with Gasteiger partial charge in [0.05, 0.1) is 6.61 Å². The second-order valence-electron chi connectivity index (χ2n) is 7.17. The Hall–Kier alpha value is -4.20. The van der Waals surface area contributed by atoms with Crippen LogP contribution in [-0.2, 0) is 14.3 Å². The number of carbonyl (C=O) groups excluding carboxylic acids is 3. The van der Waals surface area contributed by atoms with Crippen molar-refractivity contribution in [3.63, 3.8) is 0 Å². The number of ether oxygens (including phenoxy) is 1. The highest BCUT2D eigenvalue weighted by atomic mass is 16.5. The minimum absolute atomic E-state index is 0.0428. The first kappa shape index (κ1) is 25.1. The van der Waals surface area contributed by atoms with Crippen LogP contribution in [-0.4, -0.2) is 48.2 Å². The topological polar surface area (TPSA) is 126 Å². The van der Waals surface area contributed by atoms with E-state index in [-0.39, 0.29) is 37.3 Å². The van der Waals surface area contributed by atoms with Gasteiger partial charge < -0.3 is 20.7 Å². The summed E-state index contributed by atoms with van der Waals surface area (Å²) in [5, 5.41) is 10.2. The highest BCUT2D eigenvalue weighted by Gasteiger charge is 2.18. The highest BCUT2D eigenvalue weighted by molar-refractivity contribution is 6.05. The van der Waals surface area contributed by atoms with Gasteiger partial charge in [-0.3, -0.25) is 19.8 Å². The Kier molecular flexibility index (Phi) is 9.11. The third kappa shape index (κ3) is 7.46. The van der Waals surface area contributed by atoms with Crippen LogP contribution in [0.25, 0.3) is 6.08 Å². The minimum Gasteiger partial charge on any atom is -0.465 e. The summed E-state index contributed by atoms with van der Waals surface area (Å²) in [5.41, 5.74) is 8.20. The molecule has 2 aromatic carbocycles. The van der Waals surface area contributed by atoms with Gasteiger partial charge in [-0.25, -0.2) is 0 Å². The number of amidine groups is 1. The van der Waals surface area contributed by atoms with Crippen LogP contribution in [0.5, 0.6) is 0 Å². The van der Waals surface area contributed by atoms with E-state index in [4.69, 9.17) is 15.9 Å². The summed E-state index contributed by atoms with van der Waals surface area (Å²) in [4.78, 5) is 38.3. The first-order valence-electron chi connectivity index (χ1n) is 10.3. The first-order valence-corrected chi connectivity index (χ1v) is 10.3. The molecule has 0 aliphatic carbocycles. The van der Waals surface area contributed by atoms with Crippen LogP contribution in [0.3, 0.4) is 0 Å². The van der Waals surface area contributed by atoms with Crippen LogP contribution >= 0.6 is 0 Å². The molecule has 0 heterocycles. The summed E-state index contributed by atoms with van der Waals surface area (Å²) < 4.78 is 4.92. The molecular formula is C25H28N4O4. The summed E-state index contributed by atoms with van der Waals surface area (Å²) in [5.74, 6) is -1.12. The third-order valence-corrected chi connectivity index (χ3v) is 4.61. The summed E-state index contributed by atoms with van der Waals surface area (Å²) in [6, 6.07) is 13.4. The molecule has 4 N–H and O–H groups in total. The minimum atomic E-state index is -0.480. The maximum Gasteiger partial charge on any atom is 0.325 e. The molecule has 0 fully saturated rings. The van der Waals surface area contributed by atoms with Crippen molar-refractivity contribution in [2.45, 2.75) is 13.8 Å². The van der Waals surface area contributed by atoms with Crippen LogP contribution < -0.4 is 11.1 Å². The van der Waals surface area contributed by atoms with E-state index < -0.39 is 5.97 Å². The molecule has 33 heavy (non-hydrogen) atoms. The molecule has 2 amide bonds. The van der Waals surface area contributed by atoms with E-state index >= 15 is 0 Å². The fraction of sp³-hybridized carbons (Fsp3) is 0.200. The van der Waals surface area contributed by atoms with E-state index in [9.17, 15) is 14.4 Å². The van der Waals surface area contributed by atoms with E-state index in [2.05, 4.69) is 11.9 Å². The van der Waals surface area contributed by atoms with E-state index in [1.54, 1.807) is 74.5 Å². The molecule has 0 unspecified atom stereocenters. The Morgan fingerprint density at radius 3 is 2.24 bits per heavy atom. The highest BCUT2D eigenvalue weighted by Crippen LogP contribution is 2.14. The quantitative estimate of drug-likeness (QED) is 0.169. The van der Waals surface area contributed by atoms with Crippen molar-refractivity contribution < 1.29 is 19.1 Å². The number of anilines is 1.